The first-order chi connectivity index (χ1) is 9.31. The van der Waals surface area contributed by atoms with E-state index >= 15 is 0 Å². The molecule has 0 bridgehead atoms. The maximum absolute atomic E-state index is 3.54. The van der Waals surface area contributed by atoms with E-state index in [2.05, 4.69) is 62.5 Å². The van der Waals surface area contributed by atoms with Crippen LogP contribution in [0, 0.1) is 0 Å². The van der Waals surface area contributed by atoms with Crippen molar-refractivity contribution in [3.63, 3.8) is 0 Å². The molecular formula is C15H17BrN2S. The van der Waals surface area contributed by atoms with Gasteiger partial charge in [0.2, 0.25) is 0 Å². The first-order valence-corrected chi connectivity index (χ1v) is 8.20. The summed E-state index contributed by atoms with van der Waals surface area (Å²) in [6.45, 7) is 5.63. The van der Waals surface area contributed by atoms with Crippen LogP contribution in [-0.4, -0.2) is 31.1 Å². The summed E-state index contributed by atoms with van der Waals surface area (Å²) in [6.07, 6.45) is 0. The number of nitrogens with one attached hydrogen (secondary N) is 1. The van der Waals surface area contributed by atoms with Gasteiger partial charge in [-0.1, -0.05) is 28.1 Å². The van der Waals surface area contributed by atoms with Crippen molar-refractivity contribution < 1.29 is 0 Å². The quantitative estimate of drug-likeness (QED) is 0.921. The average molecular weight is 337 g/mol. The Bertz CT molecular complexity index is 547. The molecule has 1 aromatic carbocycles. The molecule has 1 aliphatic heterocycles. The van der Waals surface area contributed by atoms with Crippen molar-refractivity contribution in [3.8, 4) is 10.4 Å². The molecule has 1 aliphatic rings. The summed E-state index contributed by atoms with van der Waals surface area (Å²) in [5, 5.41) is 3.39. The van der Waals surface area contributed by atoms with Crippen LogP contribution in [0.25, 0.3) is 10.4 Å². The van der Waals surface area contributed by atoms with Gasteiger partial charge in [0.1, 0.15) is 0 Å². The van der Waals surface area contributed by atoms with Gasteiger partial charge in [0.25, 0.3) is 0 Å². The van der Waals surface area contributed by atoms with E-state index in [4.69, 9.17) is 0 Å². The Hall–Kier alpha value is -0.680. The van der Waals surface area contributed by atoms with Crippen molar-refractivity contribution in [2.24, 2.45) is 0 Å². The number of hydrogen-bond acceptors (Lipinski definition) is 3. The number of piperazine rings is 1. The van der Waals surface area contributed by atoms with Gasteiger partial charge in [-0.15, -0.1) is 11.3 Å². The summed E-state index contributed by atoms with van der Waals surface area (Å²) in [6, 6.07) is 13.0. The lowest BCUT2D eigenvalue weighted by molar-refractivity contribution is 0.235. The van der Waals surface area contributed by atoms with Crippen molar-refractivity contribution in [3.05, 3.63) is 45.7 Å². The van der Waals surface area contributed by atoms with Crippen molar-refractivity contribution in [2.75, 3.05) is 26.2 Å². The van der Waals surface area contributed by atoms with Gasteiger partial charge < -0.3 is 5.32 Å². The number of halogens is 1. The summed E-state index contributed by atoms with van der Waals surface area (Å²) < 4.78 is 1.14. The smallest absolute Gasteiger partial charge is 0.0346 e. The molecule has 19 heavy (non-hydrogen) atoms. The van der Waals surface area contributed by atoms with E-state index in [-0.39, 0.29) is 0 Å². The summed E-state index contributed by atoms with van der Waals surface area (Å²) in [4.78, 5) is 5.33. The Morgan fingerprint density at radius 1 is 1.16 bits per heavy atom. The van der Waals surface area contributed by atoms with E-state index < -0.39 is 0 Å². The van der Waals surface area contributed by atoms with Gasteiger partial charge in [-0.2, -0.15) is 0 Å². The molecule has 0 radical (unpaired) electrons. The summed E-state index contributed by atoms with van der Waals surface area (Å²) in [5.41, 5.74) is 1.30. The second-order valence-corrected chi connectivity index (χ2v) is 6.89. The molecule has 100 valence electrons. The summed E-state index contributed by atoms with van der Waals surface area (Å²) >= 11 is 5.44. The van der Waals surface area contributed by atoms with Crippen LogP contribution < -0.4 is 5.32 Å². The largest absolute Gasteiger partial charge is 0.314 e. The molecule has 4 heteroatoms. The molecule has 0 aliphatic carbocycles. The average Bonchev–Trinajstić information content (AvgIpc) is 2.88. The molecule has 2 nitrogen and oxygen atoms in total. The number of benzene rings is 1. The third-order valence-electron chi connectivity index (χ3n) is 3.36. The Morgan fingerprint density at radius 3 is 2.79 bits per heavy atom. The maximum Gasteiger partial charge on any atom is 0.0346 e. The monoisotopic (exact) mass is 336 g/mol. The van der Waals surface area contributed by atoms with E-state index in [1.165, 1.54) is 15.3 Å². The molecule has 3 rings (SSSR count). The minimum atomic E-state index is 1.08. The van der Waals surface area contributed by atoms with Crippen LogP contribution in [0.1, 0.15) is 4.88 Å². The zero-order valence-electron chi connectivity index (χ0n) is 10.7. The molecule has 0 amide bonds. The van der Waals surface area contributed by atoms with E-state index in [0.717, 1.165) is 37.2 Å². The van der Waals surface area contributed by atoms with Crippen LogP contribution >= 0.6 is 27.3 Å². The molecule has 1 fully saturated rings. The first-order valence-electron chi connectivity index (χ1n) is 6.59. The molecular weight excluding hydrogens is 320 g/mol. The summed E-state index contributed by atoms with van der Waals surface area (Å²) in [7, 11) is 0. The molecule has 0 atom stereocenters. The highest BCUT2D eigenvalue weighted by atomic mass is 79.9. The van der Waals surface area contributed by atoms with Crippen LogP contribution in [0.4, 0.5) is 0 Å². The van der Waals surface area contributed by atoms with Crippen molar-refractivity contribution >= 4 is 27.3 Å². The number of thiophene rings is 1. The standard InChI is InChI=1S/C15H17BrN2S/c16-13-3-1-2-12(10-13)15-5-4-14(19-15)11-18-8-6-17-7-9-18/h1-5,10,17H,6-9,11H2. The number of nitrogens with zero attached hydrogens (tertiary/aromatic N) is 1. The lowest BCUT2D eigenvalue weighted by Crippen LogP contribution is -2.42. The van der Waals surface area contributed by atoms with Gasteiger partial charge in [0.15, 0.2) is 0 Å². The van der Waals surface area contributed by atoms with Crippen molar-refractivity contribution in [2.45, 2.75) is 6.54 Å². The third kappa shape index (κ3) is 3.45. The lowest BCUT2D eigenvalue weighted by Gasteiger charge is -2.26. The highest BCUT2D eigenvalue weighted by Crippen LogP contribution is 2.30. The fraction of sp³-hybridized carbons (Fsp3) is 0.333. The van der Waals surface area contributed by atoms with E-state index in [9.17, 15) is 0 Å². The minimum absolute atomic E-state index is 1.08. The molecule has 1 N–H and O–H groups in total. The third-order valence-corrected chi connectivity index (χ3v) is 4.97. The maximum atomic E-state index is 3.54. The van der Waals surface area contributed by atoms with Gasteiger partial charge in [-0.25, -0.2) is 0 Å². The van der Waals surface area contributed by atoms with Crippen LogP contribution in [-0.2, 0) is 6.54 Å². The molecule has 2 aromatic rings. The Balaban J connectivity index is 1.72. The fourth-order valence-electron chi connectivity index (χ4n) is 2.35. The van der Waals surface area contributed by atoms with Crippen LogP contribution in [0.2, 0.25) is 0 Å². The predicted molar refractivity (Wildman–Crippen MR) is 85.6 cm³/mol. The van der Waals surface area contributed by atoms with Crippen molar-refractivity contribution in [1.29, 1.82) is 0 Å². The zero-order chi connectivity index (χ0) is 13.1. The number of rotatable bonds is 3. The topological polar surface area (TPSA) is 15.3 Å². The normalized spacial score (nSPS) is 16.7. The zero-order valence-corrected chi connectivity index (χ0v) is 13.1. The van der Waals surface area contributed by atoms with Gasteiger partial charge in [-0.3, -0.25) is 4.90 Å². The van der Waals surface area contributed by atoms with Crippen LogP contribution in [0.15, 0.2) is 40.9 Å². The molecule has 1 saturated heterocycles. The van der Waals surface area contributed by atoms with Gasteiger partial charge in [0.05, 0.1) is 0 Å². The van der Waals surface area contributed by atoms with Crippen LogP contribution in [0.5, 0.6) is 0 Å². The highest BCUT2D eigenvalue weighted by molar-refractivity contribution is 9.10. The van der Waals surface area contributed by atoms with E-state index in [1.54, 1.807) is 0 Å². The molecule has 0 spiro atoms. The molecule has 2 heterocycles. The molecule has 0 saturated carbocycles. The fourth-order valence-corrected chi connectivity index (χ4v) is 3.80. The van der Waals surface area contributed by atoms with Gasteiger partial charge in [-0.05, 0) is 29.8 Å². The molecule has 0 unspecified atom stereocenters. The van der Waals surface area contributed by atoms with Crippen LogP contribution in [0.3, 0.4) is 0 Å². The van der Waals surface area contributed by atoms with Gasteiger partial charge in [0, 0.05) is 47.0 Å². The first kappa shape index (κ1) is 13.3. The SMILES string of the molecule is Brc1cccc(-c2ccc(CN3CCNCC3)s2)c1. The van der Waals surface area contributed by atoms with E-state index in [0.29, 0.717) is 0 Å². The molecule has 1 aromatic heterocycles. The van der Waals surface area contributed by atoms with Gasteiger partial charge >= 0.3 is 0 Å². The summed E-state index contributed by atoms with van der Waals surface area (Å²) in [5.74, 6) is 0. The van der Waals surface area contributed by atoms with E-state index in [1.807, 2.05) is 11.3 Å². The predicted octanol–water partition coefficient (Wildman–Crippen LogP) is 3.58. The lowest BCUT2D eigenvalue weighted by atomic mass is 10.2. The Kier molecular flexibility index (Phi) is 4.33. The Morgan fingerprint density at radius 2 is 2.00 bits per heavy atom. The minimum Gasteiger partial charge on any atom is -0.314 e. The van der Waals surface area contributed by atoms with Crippen molar-refractivity contribution in [1.82, 2.24) is 10.2 Å². The highest BCUT2D eigenvalue weighted by Gasteiger charge is 2.11. The second kappa shape index (κ2) is 6.18. The number of hydrogen-bond donors (Lipinski definition) is 1. The second-order valence-electron chi connectivity index (χ2n) is 4.80. The Labute approximate surface area is 126 Å².